The predicted molar refractivity (Wildman–Crippen MR) is 98.5 cm³/mol. The SMILES string of the molecule is Cc1ncsc1-c1ccc(C(C)NC(=O)[C@@H]2C[C@@H](O)CN2)cc1.Cl. The Balaban J connectivity index is 0.00000208. The Morgan fingerprint density at radius 3 is 2.67 bits per heavy atom. The number of hydrogen-bond acceptors (Lipinski definition) is 5. The van der Waals surface area contributed by atoms with Gasteiger partial charge >= 0.3 is 0 Å². The maximum Gasteiger partial charge on any atom is 0.237 e. The molecule has 1 aromatic heterocycles. The van der Waals surface area contributed by atoms with E-state index < -0.39 is 6.10 Å². The van der Waals surface area contributed by atoms with Gasteiger partial charge in [0.15, 0.2) is 0 Å². The van der Waals surface area contributed by atoms with Crippen molar-refractivity contribution in [3.05, 3.63) is 41.0 Å². The molecule has 1 saturated heterocycles. The highest BCUT2D eigenvalue weighted by Gasteiger charge is 2.28. The summed E-state index contributed by atoms with van der Waals surface area (Å²) in [5.74, 6) is -0.0589. The molecule has 130 valence electrons. The smallest absolute Gasteiger partial charge is 0.237 e. The Morgan fingerprint density at radius 2 is 2.12 bits per heavy atom. The molecule has 0 spiro atoms. The van der Waals surface area contributed by atoms with Crippen molar-refractivity contribution in [2.24, 2.45) is 0 Å². The highest BCUT2D eigenvalue weighted by Crippen LogP contribution is 2.28. The van der Waals surface area contributed by atoms with Crippen LogP contribution in [0.4, 0.5) is 0 Å². The summed E-state index contributed by atoms with van der Waals surface area (Å²) in [6, 6.07) is 7.84. The fraction of sp³-hybridized carbons (Fsp3) is 0.412. The first-order chi connectivity index (χ1) is 11.0. The lowest BCUT2D eigenvalue weighted by Crippen LogP contribution is -2.41. The third-order valence-corrected chi connectivity index (χ3v) is 5.18. The van der Waals surface area contributed by atoms with Crippen LogP contribution >= 0.6 is 23.7 Å². The second-order valence-corrected chi connectivity index (χ2v) is 6.82. The maximum atomic E-state index is 12.2. The molecular weight excluding hydrogens is 346 g/mol. The Hall–Kier alpha value is -1.47. The lowest BCUT2D eigenvalue weighted by atomic mass is 10.0. The minimum atomic E-state index is -0.428. The van der Waals surface area contributed by atoms with E-state index in [1.165, 1.54) is 4.88 Å². The molecule has 0 aliphatic carbocycles. The third-order valence-electron chi connectivity index (χ3n) is 4.20. The molecule has 5 nitrogen and oxygen atoms in total. The number of benzene rings is 1. The fourth-order valence-electron chi connectivity index (χ4n) is 2.82. The number of aryl methyl sites for hydroxylation is 1. The van der Waals surface area contributed by atoms with Gasteiger partial charge in [0, 0.05) is 6.54 Å². The summed E-state index contributed by atoms with van der Waals surface area (Å²) in [5, 5.41) is 15.5. The van der Waals surface area contributed by atoms with Crippen molar-refractivity contribution in [3.8, 4) is 10.4 Å². The summed E-state index contributed by atoms with van der Waals surface area (Å²) < 4.78 is 0. The Bertz CT molecular complexity index is 689. The first-order valence-corrected chi connectivity index (χ1v) is 8.65. The molecule has 0 radical (unpaired) electrons. The minimum Gasteiger partial charge on any atom is -0.392 e. The van der Waals surface area contributed by atoms with Gasteiger partial charge in [-0.15, -0.1) is 23.7 Å². The highest BCUT2D eigenvalue weighted by molar-refractivity contribution is 7.13. The fourth-order valence-corrected chi connectivity index (χ4v) is 3.63. The van der Waals surface area contributed by atoms with E-state index in [4.69, 9.17) is 0 Å². The highest BCUT2D eigenvalue weighted by atomic mass is 35.5. The molecule has 2 aromatic rings. The summed E-state index contributed by atoms with van der Waals surface area (Å²) in [6.45, 7) is 4.46. The number of rotatable bonds is 4. The van der Waals surface area contributed by atoms with E-state index in [0.717, 1.165) is 16.8 Å². The van der Waals surface area contributed by atoms with Crippen LogP contribution in [0.25, 0.3) is 10.4 Å². The zero-order valence-electron chi connectivity index (χ0n) is 13.7. The Morgan fingerprint density at radius 1 is 1.42 bits per heavy atom. The number of thiazole rings is 1. The zero-order chi connectivity index (χ0) is 16.4. The molecule has 0 saturated carbocycles. The molecule has 24 heavy (non-hydrogen) atoms. The number of hydrogen-bond donors (Lipinski definition) is 3. The van der Waals surface area contributed by atoms with E-state index >= 15 is 0 Å². The summed E-state index contributed by atoms with van der Waals surface area (Å²) >= 11 is 1.63. The quantitative estimate of drug-likeness (QED) is 0.776. The van der Waals surface area contributed by atoms with Crippen molar-refractivity contribution in [2.45, 2.75) is 38.5 Å². The number of aliphatic hydroxyl groups is 1. The number of carbonyl (C=O) groups is 1. The van der Waals surface area contributed by atoms with Crippen LogP contribution in [0.5, 0.6) is 0 Å². The molecule has 1 unspecified atom stereocenters. The summed E-state index contributed by atoms with van der Waals surface area (Å²) in [6.07, 6.45) is 0.0466. The molecular formula is C17H22ClN3O2S. The third kappa shape index (κ3) is 4.13. The van der Waals surface area contributed by atoms with E-state index in [1.807, 2.05) is 31.5 Å². The number of β-amino-alcohol motifs (C(OH)–C–C–N with tert-alkyl or cyclic N) is 1. The number of aliphatic hydroxyl groups excluding tert-OH is 1. The average Bonchev–Trinajstić information content (AvgIpc) is 3.16. The summed E-state index contributed by atoms with van der Waals surface area (Å²) in [5.41, 5.74) is 5.09. The van der Waals surface area contributed by atoms with Gasteiger partial charge in [-0.25, -0.2) is 4.98 Å². The van der Waals surface area contributed by atoms with E-state index in [9.17, 15) is 9.90 Å². The van der Waals surface area contributed by atoms with Crippen LogP contribution in [0.1, 0.15) is 30.6 Å². The number of carbonyl (C=O) groups excluding carboxylic acids is 1. The van der Waals surface area contributed by atoms with Crippen molar-refractivity contribution in [1.82, 2.24) is 15.6 Å². The molecule has 1 aromatic carbocycles. The molecule has 7 heteroatoms. The monoisotopic (exact) mass is 367 g/mol. The Kier molecular flexibility index (Phi) is 6.34. The first-order valence-electron chi connectivity index (χ1n) is 7.77. The van der Waals surface area contributed by atoms with Gasteiger partial charge in [0.2, 0.25) is 5.91 Å². The molecule has 3 rings (SSSR count). The van der Waals surface area contributed by atoms with Crippen LogP contribution in [0.2, 0.25) is 0 Å². The van der Waals surface area contributed by atoms with E-state index in [0.29, 0.717) is 13.0 Å². The van der Waals surface area contributed by atoms with Crippen molar-refractivity contribution >= 4 is 29.7 Å². The van der Waals surface area contributed by atoms with Crippen molar-refractivity contribution in [2.75, 3.05) is 6.54 Å². The van der Waals surface area contributed by atoms with Crippen LogP contribution in [0.3, 0.4) is 0 Å². The predicted octanol–water partition coefficient (Wildman–Crippen LogP) is 2.44. The molecule has 0 bridgehead atoms. The van der Waals surface area contributed by atoms with Crippen LogP contribution < -0.4 is 10.6 Å². The molecule has 1 amide bonds. The normalized spacial score (nSPS) is 21.1. The number of amides is 1. The number of halogens is 1. The summed E-state index contributed by atoms with van der Waals surface area (Å²) in [4.78, 5) is 17.6. The van der Waals surface area contributed by atoms with E-state index in [-0.39, 0.29) is 30.4 Å². The van der Waals surface area contributed by atoms with Gasteiger partial charge in [-0.05, 0) is 31.4 Å². The minimum absolute atomic E-state index is 0. The molecule has 3 N–H and O–H groups in total. The lowest BCUT2D eigenvalue weighted by Gasteiger charge is -2.18. The van der Waals surface area contributed by atoms with Gasteiger partial charge < -0.3 is 15.7 Å². The first kappa shape index (κ1) is 18.9. The Labute approximate surface area is 151 Å². The van der Waals surface area contributed by atoms with Crippen LogP contribution in [0.15, 0.2) is 29.8 Å². The van der Waals surface area contributed by atoms with Crippen molar-refractivity contribution < 1.29 is 9.90 Å². The summed E-state index contributed by atoms with van der Waals surface area (Å²) in [7, 11) is 0. The van der Waals surface area contributed by atoms with Crippen molar-refractivity contribution in [1.29, 1.82) is 0 Å². The van der Waals surface area contributed by atoms with Gasteiger partial charge in [-0.1, -0.05) is 24.3 Å². The molecule has 1 aliphatic rings. The largest absolute Gasteiger partial charge is 0.392 e. The van der Waals surface area contributed by atoms with E-state index in [2.05, 4.69) is 27.8 Å². The average molecular weight is 368 g/mol. The van der Waals surface area contributed by atoms with Gasteiger partial charge in [0.05, 0.1) is 34.3 Å². The van der Waals surface area contributed by atoms with Crippen molar-refractivity contribution in [3.63, 3.8) is 0 Å². The van der Waals surface area contributed by atoms with Gasteiger partial charge in [0.25, 0.3) is 0 Å². The molecule has 3 atom stereocenters. The lowest BCUT2D eigenvalue weighted by molar-refractivity contribution is -0.123. The number of nitrogens with zero attached hydrogens (tertiary/aromatic N) is 1. The zero-order valence-corrected chi connectivity index (χ0v) is 15.3. The molecule has 1 aliphatic heterocycles. The van der Waals surface area contributed by atoms with Crippen LogP contribution in [-0.2, 0) is 4.79 Å². The second-order valence-electron chi connectivity index (χ2n) is 5.97. The number of aromatic nitrogens is 1. The second kappa shape index (κ2) is 8.07. The van der Waals surface area contributed by atoms with Crippen LogP contribution in [-0.4, -0.2) is 34.7 Å². The van der Waals surface area contributed by atoms with Gasteiger partial charge in [0.1, 0.15) is 0 Å². The van der Waals surface area contributed by atoms with Gasteiger partial charge in [-0.3, -0.25) is 4.79 Å². The molecule has 2 heterocycles. The standard InChI is InChI=1S/C17H21N3O2S.ClH/c1-10(20-17(22)15-7-14(21)8-18-15)12-3-5-13(6-4-12)16-11(2)19-9-23-16;/h3-6,9-10,14-15,18,21H,7-8H2,1-2H3,(H,20,22);1H/t10?,14-,15+;/m1./s1. The molecule has 1 fully saturated rings. The number of nitrogens with one attached hydrogen (secondary N) is 2. The topological polar surface area (TPSA) is 74.2 Å². The van der Waals surface area contributed by atoms with Gasteiger partial charge in [-0.2, -0.15) is 0 Å². The maximum absolute atomic E-state index is 12.2. The van der Waals surface area contributed by atoms with E-state index in [1.54, 1.807) is 11.3 Å². The van der Waals surface area contributed by atoms with Crippen LogP contribution in [0, 0.1) is 6.92 Å².